The molecule has 744 valence electrons. The van der Waals surface area contributed by atoms with Crippen LogP contribution in [-0.4, -0.2) is 210 Å². The first-order valence-corrected chi connectivity index (χ1v) is 49.3. The lowest BCUT2D eigenvalue weighted by atomic mass is 10.0. The van der Waals surface area contributed by atoms with Gasteiger partial charge in [0.1, 0.15) is 77.0 Å². The number of carboxylic acids is 1. The predicted molar refractivity (Wildman–Crippen MR) is 502 cm³/mol. The molecule has 0 spiro atoms. The summed E-state index contributed by atoms with van der Waals surface area (Å²) in [5, 5.41) is 37.3. The van der Waals surface area contributed by atoms with Crippen molar-refractivity contribution in [3.05, 3.63) is 0 Å². The fraction of sp³-hybridized carbons (Fsp3) is 0.863. The van der Waals surface area contributed by atoms with Gasteiger partial charge in [0.2, 0.25) is 29.5 Å². The smallest absolute Gasteiger partial charge is 0.408 e. The molecular formula is C95H176N10O22S. The Morgan fingerprint density at radius 2 is 0.539 bits per heavy atom. The van der Waals surface area contributed by atoms with Crippen LogP contribution < -0.4 is 53.2 Å². The number of amides is 10. The van der Waals surface area contributed by atoms with Crippen molar-refractivity contribution < 1.29 is 105 Å². The third kappa shape index (κ3) is 73.1. The summed E-state index contributed by atoms with van der Waals surface area (Å²) >= 11 is 1.11. The first kappa shape index (κ1) is 120. The Bertz CT molecular complexity index is 3140. The SMILES string of the molecule is CCCCCCCCCCCCCCCCC(=O)OCC(CSC[C@H](NC(=O)OC(C)(C)C)C(=O)N[C@@H](COC(C)(C)C)C(=O)N[C@@H](CCCCNC(=O)OC(C)(C)C)C(=O)N[C@@H](CCCCNC(=O)OC(C)(C)C)C(=O)N[C@@H](CCCCNC(=O)OC(C)(C)C)C(=O)N[C@@H](CCCCNC(=O)OC(C)(C)C)C(=O)O)OC(=O)CCCCCCCCCCCCCCC. The summed E-state index contributed by atoms with van der Waals surface area (Å²) in [6.45, 7) is 34.5. The van der Waals surface area contributed by atoms with Crippen molar-refractivity contribution in [2.24, 2.45) is 0 Å². The van der Waals surface area contributed by atoms with Crippen molar-refractivity contribution in [1.29, 1.82) is 0 Å². The Kier molecular flexibility index (Phi) is 64.4. The molecule has 0 saturated carbocycles. The maximum absolute atomic E-state index is 15.3. The largest absolute Gasteiger partial charge is 0.480 e. The van der Waals surface area contributed by atoms with Crippen molar-refractivity contribution in [3.63, 3.8) is 0 Å². The number of thioether (sulfide) groups is 1. The van der Waals surface area contributed by atoms with Gasteiger partial charge in [0.05, 0.1) is 12.2 Å². The summed E-state index contributed by atoms with van der Waals surface area (Å²) in [6.07, 6.45) is 27.7. The first-order chi connectivity index (χ1) is 60.0. The number of nitrogens with one attached hydrogen (secondary N) is 10. The van der Waals surface area contributed by atoms with Gasteiger partial charge in [-0.2, -0.15) is 11.8 Å². The summed E-state index contributed by atoms with van der Waals surface area (Å²) < 4.78 is 45.2. The van der Waals surface area contributed by atoms with Gasteiger partial charge in [-0.05, 0) is 215 Å². The minimum atomic E-state index is -1.62. The molecular weight excluding hydrogens is 1670 g/mol. The quantitative estimate of drug-likeness (QED) is 0.0153. The van der Waals surface area contributed by atoms with Crippen LogP contribution in [0.15, 0.2) is 0 Å². The number of aliphatic carboxylic acids is 1. The van der Waals surface area contributed by atoms with Crippen LogP contribution in [0.1, 0.15) is 402 Å². The highest BCUT2D eigenvalue weighted by atomic mass is 32.2. The zero-order chi connectivity index (χ0) is 96.6. The summed E-state index contributed by atoms with van der Waals surface area (Å²) in [6, 6.07) is -9.05. The molecule has 7 atom stereocenters. The topological polar surface area (TPSA) is 436 Å². The van der Waals surface area contributed by atoms with E-state index >= 15 is 19.2 Å². The average molecular weight is 1840 g/mol. The first-order valence-electron chi connectivity index (χ1n) is 48.2. The molecule has 128 heavy (non-hydrogen) atoms. The Hall–Kier alpha value is -7.58. The van der Waals surface area contributed by atoms with Crippen molar-refractivity contribution in [2.75, 3.05) is 50.9 Å². The van der Waals surface area contributed by atoms with Gasteiger partial charge < -0.3 is 96.2 Å². The highest BCUT2D eigenvalue weighted by Crippen LogP contribution is 2.21. The molecule has 32 nitrogen and oxygen atoms in total. The van der Waals surface area contributed by atoms with E-state index in [9.17, 15) is 48.3 Å². The van der Waals surface area contributed by atoms with Gasteiger partial charge in [0, 0.05) is 50.5 Å². The third-order valence-electron chi connectivity index (χ3n) is 19.7. The van der Waals surface area contributed by atoms with Crippen LogP contribution in [0.5, 0.6) is 0 Å². The summed E-state index contributed by atoms with van der Waals surface area (Å²) in [7, 11) is 0. The molecule has 11 N–H and O–H groups in total. The second-order valence-electron chi connectivity index (χ2n) is 39.6. The zero-order valence-electron chi connectivity index (χ0n) is 82.6. The van der Waals surface area contributed by atoms with E-state index in [-0.39, 0.29) is 128 Å². The lowest BCUT2D eigenvalue weighted by molar-refractivity contribution is -0.157. The summed E-state index contributed by atoms with van der Waals surface area (Å²) in [5.41, 5.74) is -5.20. The van der Waals surface area contributed by atoms with Crippen molar-refractivity contribution in [2.45, 2.75) is 478 Å². The molecule has 0 aromatic carbocycles. The van der Waals surface area contributed by atoms with E-state index < -0.39 is 160 Å². The van der Waals surface area contributed by atoms with Gasteiger partial charge in [0.15, 0.2) is 0 Å². The van der Waals surface area contributed by atoms with Crippen LogP contribution in [-0.2, 0) is 76.3 Å². The number of ether oxygens (including phenoxy) is 8. The number of carboxylic acid groups (broad SMARTS) is 1. The maximum atomic E-state index is 15.3. The lowest BCUT2D eigenvalue weighted by Crippen LogP contribution is -2.60. The van der Waals surface area contributed by atoms with Gasteiger partial charge in [-0.15, -0.1) is 0 Å². The minimum Gasteiger partial charge on any atom is -0.480 e. The average Bonchev–Trinajstić information content (AvgIpc) is 0.853. The Morgan fingerprint density at radius 3 is 0.844 bits per heavy atom. The number of rotatable bonds is 70. The van der Waals surface area contributed by atoms with E-state index in [1.807, 2.05) is 0 Å². The van der Waals surface area contributed by atoms with Crippen molar-refractivity contribution in [1.82, 2.24) is 53.2 Å². The van der Waals surface area contributed by atoms with Crippen LogP contribution in [0.25, 0.3) is 0 Å². The molecule has 0 aliphatic rings. The predicted octanol–water partition coefficient (Wildman–Crippen LogP) is 17.5. The summed E-state index contributed by atoms with van der Waals surface area (Å²) in [5.74, 6) is -7.08. The molecule has 0 aliphatic carbocycles. The van der Waals surface area contributed by atoms with Gasteiger partial charge in [-0.3, -0.25) is 33.6 Å². The number of alkyl carbamates (subject to hydrolysis) is 5. The van der Waals surface area contributed by atoms with E-state index in [4.69, 9.17) is 37.9 Å². The Balaban J connectivity index is 7.67. The van der Waals surface area contributed by atoms with Crippen LogP contribution in [0, 0.1) is 0 Å². The van der Waals surface area contributed by atoms with E-state index in [2.05, 4.69) is 67.0 Å². The van der Waals surface area contributed by atoms with E-state index in [1.54, 1.807) is 125 Å². The number of unbranched alkanes of at least 4 members (excludes halogenated alkanes) is 29. The van der Waals surface area contributed by atoms with Crippen LogP contribution in [0.3, 0.4) is 0 Å². The monoisotopic (exact) mass is 1840 g/mol. The van der Waals surface area contributed by atoms with E-state index in [1.165, 1.54) is 109 Å². The number of hydrogen-bond donors (Lipinski definition) is 11. The van der Waals surface area contributed by atoms with Crippen molar-refractivity contribution in [3.8, 4) is 0 Å². The third-order valence-corrected chi connectivity index (χ3v) is 20.9. The number of hydrogen-bond acceptors (Lipinski definition) is 22. The van der Waals surface area contributed by atoms with E-state index in [0.717, 1.165) is 63.1 Å². The highest BCUT2D eigenvalue weighted by molar-refractivity contribution is 7.99. The lowest BCUT2D eigenvalue weighted by Gasteiger charge is -2.29. The fourth-order valence-corrected chi connectivity index (χ4v) is 14.2. The summed E-state index contributed by atoms with van der Waals surface area (Å²) in [4.78, 5) is 179. The molecule has 0 saturated heterocycles. The number of carbonyl (C=O) groups excluding carboxylic acids is 12. The standard InChI is InChI=1S/C95H176N10O22S/c1-21-23-25-27-29-31-33-35-37-38-40-42-44-46-60-77(106)120-66-70(122-78(107)61-47-45-43-41-39-36-34-32-30-28-26-24-22-2)68-128-69-76(105-89(119)127-95(18,19)20)83(112)104-75(67-121-90(3,4)5)82(111)102-72(57-49-53-63-97-86(116)124-92(9,10)11)80(109)100-71(56-48-52-62-96-85(115)123-91(6,7)8)79(108)101-73(58-50-54-64-98-87(117)125-93(12,13)14)81(110)103-74(84(113)114)59-51-55-65-99-88(118)126-94(15,16)17/h70-76H,21-69H2,1-20H3,(H,96,115)(H,97,116)(H,98,117)(H,99,118)(H,100,109)(H,101,108)(H,102,111)(H,103,110)(H,104,112)(H,105,119)(H,113,114)/t70?,71-,72-,73-,74-,75-,76-/m0/s1. The molecule has 0 fully saturated rings. The van der Waals surface area contributed by atoms with Crippen molar-refractivity contribution >= 4 is 89.7 Å². The Morgan fingerprint density at radius 1 is 0.273 bits per heavy atom. The number of esters is 2. The molecule has 33 heteroatoms. The van der Waals surface area contributed by atoms with Crippen LogP contribution in [0.4, 0.5) is 24.0 Å². The molecule has 0 aliphatic heterocycles. The fourth-order valence-electron chi connectivity index (χ4n) is 13.2. The molecule has 0 bridgehead atoms. The Labute approximate surface area is 772 Å². The molecule has 0 radical (unpaired) electrons. The van der Waals surface area contributed by atoms with Gasteiger partial charge in [-0.25, -0.2) is 28.8 Å². The van der Waals surface area contributed by atoms with E-state index in [0.29, 0.717) is 19.3 Å². The van der Waals surface area contributed by atoms with Gasteiger partial charge >= 0.3 is 48.4 Å². The molecule has 0 heterocycles. The number of carbonyl (C=O) groups is 13. The minimum absolute atomic E-state index is 0.00668. The molecule has 10 amide bonds. The highest BCUT2D eigenvalue weighted by Gasteiger charge is 2.36. The van der Waals surface area contributed by atoms with Gasteiger partial charge in [-0.1, -0.05) is 174 Å². The van der Waals surface area contributed by atoms with Crippen LogP contribution >= 0.6 is 11.8 Å². The van der Waals surface area contributed by atoms with Crippen LogP contribution in [0.2, 0.25) is 0 Å². The molecule has 0 aromatic rings. The van der Waals surface area contributed by atoms with Gasteiger partial charge in [0.25, 0.3) is 0 Å². The second-order valence-corrected chi connectivity index (χ2v) is 40.7. The maximum Gasteiger partial charge on any atom is 0.408 e. The normalized spacial score (nSPS) is 13.6. The molecule has 0 rings (SSSR count). The molecule has 1 unspecified atom stereocenters. The molecule has 0 aromatic heterocycles. The second kappa shape index (κ2) is 68.4. The zero-order valence-corrected chi connectivity index (χ0v) is 83.4.